The molecule has 0 radical (unpaired) electrons. The maximum atomic E-state index is 13.0. The van der Waals surface area contributed by atoms with Crippen LogP contribution in [0.25, 0.3) is 0 Å². The molecule has 1 fully saturated rings. The van der Waals surface area contributed by atoms with Crippen LogP contribution in [0.1, 0.15) is 18.4 Å². The highest BCUT2D eigenvalue weighted by atomic mass is 19.1. The van der Waals surface area contributed by atoms with Gasteiger partial charge in [0.05, 0.1) is 0 Å². The molecule has 24 heavy (non-hydrogen) atoms. The summed E-state index contributed by atoms with van der Waals surface area (Å²) >= 11 is 0. The van der Waals surface area contributed by atoms with Gasteiger partial charge in [-0.2, -0.15) is 0 Å². The number of carboxylic acid groups (broad SMARTS) is 1. The van der Waals surface area contributed by atoms with Crippen molar-refractivity contribution in [2.24, 2.45) is 0 Å². The Bertz CT molecular complexity index is 680. The molecule has 0 atom stereocenters. The third kappa shape index (κ3) is 3.74. The summed E-state index contributed by atoms with van der Waals surface area (Å²) in [6.07, 6.45) is 1.01. The van der Waals surface area contributed by atoms with Crippen LogP contribution in [0.4, 0.5) is 10.1 Å². The maximum absolute atomic E-state index is 13.0. The number of hydrogen-bond donors (Lipinski definition) is 2. The molecule has 0 aromatic heterocycles. The van der Waals surface area contributed by atoms with Crippen molar-refractivity contribution in [2.45, 2.75) is 24.9 Å². The molecule has 1 aliphatic rings. The van der Waals surface area contributed by atoms with E-state index in [1.807, 2.05) is 18.2 Å². The lowest BCUT2D eigenvalue weighted by Gasteiger charge is -2.40. The van der Waals surface area contributed by atoms with E-state index in [4.69, 9.17) is 0 Å². The van der Waals surface area contributed by atoms with Crippen LogP contribution < -0.4 is 5.32 Å². The first-order valence-corrected chi connectivity index (χ1v) is 8.11. The van der Waals surface area contributed by atoms with Crippen molar-refractivity contribution in [1.29, 1.82) is 0 Å². The van der Waals surface area contributed by atoms with E-state index in [0.29, 0.717) is 31.6 Å². The number of benzene rings is 2. The largest absolute Gasteiger partial charge is 0.480 e. The molecule has 0 amide bonds. The summed E-state index contributed by atoms with van der Waals surface area (Å²) in [6, 6.07) is 16.0. The van der Waals surface area contributed by atoms with E-state index in [1.54, 1.807) is 12.1 Å². The molecule has 0 bridgehead atoms. The van der Waals surface area contributed by atoms with Crippen molar-refractivity contribution in [3.05, 3.63) is 66.0 Å². The Balaban J connectivity index is 1.65. The number of aliphatic carboxylic acids is 1. The second kappa shape index (κ2) is 7.01. The highest BCUT2D eigenvalue weighted by Gasteiger charge is 2.41. The van der Waals surface area contributed by atoms with Crippen LogP contribution >= 0.6 is 0 Å². The quantitative estimate of drug-likeness (QED) is 0.884. The zero-order valence-electron chi connectivity index (χ0n) is 13.4. The molecular formula is C19H21FN2O2. The molecule has 4 nitrogen and oxygen atoms in total. The lowest BCUT2D eigenvalue weighted by atomic mass is 9.87. The second-order valence-electron chi connectivity index (χ2n) is 6.28. The highest BCUT2D eigenvalue weighted by Crippen LogP contribution is 2.28. The highest BCUT2D eigenvalue weighted by molar-refractivity contribution is 5.83. The van der Waals surface area contributed by atoms with Crippen molar-refractivity contribution in [2.75, 3.05) is 18.4 Å². The summed E-state index contributed by atoms with van der Waals surface area (Å²) in [5.74, 6) is -1.19. The lowest BCUT2D eigenvalue weighted by Crippen LogP contribution is -2.54. The number of rotatable bonds is 5. The van der Waals surface area contributed by atoms with Crippen molar-refractivity contribution >= 4 is 11.7 Å². The van der Waals surface area contributed by atoms with E-state index in [0.717, 1.165) is 6.54 Å². The van der Waals surface area contributed by atoms with Gasteiger partial charge in [0, 0.05) is 25.3 Å². The average molecular weight is 328 g/mol. The molecule has 5 heteroatoms. The molecule has 0 aliphatic carbocycles. The van der Waals surface area contributed by atoms with Crippen LogP contribution in [0.3, 0.4) is 0 Å². The molecule has 1 saturated heterocycles. The van der Waals surface area contributed by atoms with Crippen molar-refractivity contribution in [3.8, 4) is 0 Å². The molecule has 0 spiro atoms. The van der Waals surface area contributed by atoms with Gasteiger partial charge in [-0.15, -0.1) is 0 Å². The third-order valence-corrected chi connectivity index (χ3v) is 4.60. The Morgan fingerprint density at radius 2 is 1.71 bits per heavy atom. The minimum absolute atomic E-state index is 0.331. The normalized spacial score (nSPS) is 17.4. The Labute approximate surface area is 140 Å². The predicted octanol–water partition coefficient (Wildman–Crippen LogP) is 3.36. The van der Waals surface area contributed by atoms with Crippen molar-refractivity contribution < 1.29 is 14.3 Å². The lowest BCUT2D eigenvalue weighted by molar-refractivity contribution is -0.144. The molecule has 2 aromatic carbocycles. The first-order valence-electron chi connectivity index (χ1n) is 8.11. The summed E-state index contributed by atoms with van der Waals surface area (Å²) in [5.41, 5.74) is 0.868. The van der Waals surface area contributed by atoms with Gasteiger partial charge in [0.25, 0.3) is 0 Å². The van der Waals surface area contributed by atoms with Gasteiger partial charge in [0.2, 0.25) is 0 Å². The number of carboxylic acids is 1. The number of nitrogens with one attached hydrogen (secondary N) is 1. The smallest absolute Gasteiger partial charge is 0.329 e. The van der Waals surface area contributed by atoms with Gasteiger partial charge in [0.15, 0.2) is 0 Å². The van der Waals surface area contributed by atoms with E-state index >= 15 is 0 Å². The first kappa shape index (κ1) is 16.5. The third-order valence-electron chi connectivity index (χ3n) is 4.60. The second-order valence-corrected chi connectivity index (χ2v) is 6.28. The van der Waals surface area contributed by atoms with Gasteiger partial charge in [-0.05, 0) is 42.7 Å². The number of anilines is 1. The minimum atomic E-state index is -0.995. The first-order chi connectivity index (χ1) is 11.6. The fourth-order valence-corrected chi connectivity index (χ4v) is 3.14. The molecule has 0 saturated carbocycles. The van der Waals surface area contributed by atoms with E-state index < -0.39 is 11.5 Å². The molecule has 1 aliphatic heterocycles. The average Bonchev–Trinajstić information content (AvgIpc) is 2.59. The molecule has 1 heterocycles. The Kier molecular flexibility index (Phi) is 4.81. The number of likely N-dealkylation sites (tertiary alicyclic amines) is 1. The van der Waals surface area contributed by atoms with Gasteiger partial charge >= 0.3 is 5.97 Å². The summed E-state index contributed by atoms with van der Waals surface area (Å²) in [6.45, 7) is 2.23. The number of piperidine rings is 1. The van der Waals surface area contributed by atoms with E-state index in [9.17, 15) is 14.3 Å². The van der Waals surface area contributed by atoms with Crippen molar-refractivity contribution in [1.82, 2.24) is 4.90 Å². The standard InChI is InChI=1S/C19H21FN2O2/c20-16-6-8-17(9-7-16)21-19(18(23)24)10-12-22(13-11-19)14-15-4-2-1-3-5-15/h1-9,21H,10-14H2,(H,23,24). The van der Waals surface area contributed by atoms with E-state index in [2.05, 4.69) is 22.3 Å². The molecule has 2 aromatic rings. The van der Waals surface area contributed by atoms with Crippen LogP contribution in [-0.4, -0.2) is 34.6 Å². The topological polar surface area (TPSA) is 52.6 Å². The van der Waals surface area contributed by atoms with E-state index in [1.165, 1.54) is 17.7 Å². The SMILES string of the molecule is O=C(O)C1(Nc2ccc(F)cc2)CCN(Cc2ccccc2)CC1. The summed E-state index contributed by atoms with van der Waals surface area (Å²) in [4.78, 5) is 14.1. The van der Waals surface area contributed by atoms with Crippen LogP contribution in [0.15, 0.2) is 54.6 Å². The fraction of sp³-hybridized carbons (Fsp3) is 0.316. The number of hydrogen-bond acceptors (Lipinski definition) is 3. The summed E-state index contributed by atoms with van der Waals surface area (Å²) < 4.78 is 13.0. The maximum Gasteiger partial charge on any atom is 0.329 e. The molecule has 3 rings (SSSR count). The Morgan fingerprint density at radius 3 is 2.29 bits per heavy atom. The molecular weight excluding hydrogens is 307 g/mol. The monoisotopic (exact) mass is 328 g/mol. The summed E-state index contributed by atoms with van der Waals surface area (Å²) in [5, 5.41) is 12.8. The summed E-state index contributed by atoms with van der Waals surface area (Å²) in [7, 11) is 0. The van der Waals surface area contributed by atoms with E-state index in [-0.39, 0.29) is 5.82 Å². The van der Waals surface area contributed by atoms with Crippen LogP contribution in [-0.2, 0) is 11.3 Å². The zero-order chi connectivity index (χ0) is 17.0. The zero-order valence-corrected chi connectivity index (χ0v) is 13.4. The van der Waals surface area contributed by atoms with Gasteiger partial charge in [-0.3, -0.25) is 4.90 Å². The predicted molar refractivity (Wildman–Crippen MR) is 91.3 cm³/mol. The molecule has 126 valence electrons. The number of carbonyl (C=O) groups is 1. The van der Waals surface area contributed by atoms with Crippen LogP contribution in [0.2, 0.25) is 0 Å². The van der Waals surface area contributed by atoms with Gasteiger partial charge in [-0.1, -0.05) is 30.3 Å². The fourth-order valence-electron chi connectivity index (χ4n) is 3.14. The Hall–Kier alpha value is -2.40. The van der Waals surface area contributed by atoms with Gasteiger partial charge < -0.3 is 10.4 Å². The van der Waals surface area contributed by atoms with Gasteiger partial charge in [-0.25, -0.2) is 9.18 Å². The molecule has 2 N–H and O–H groups in total. The van der Waals surface area contributed by atoms with Crippen LogP contribution in [0, 0.1) is 5.82 Å². The number of halogens is 1. The number of nitrogens with zero attached hydrogens (tertiary/aromatic N) is 1. The Morgan fingerprint density at radius 1 is 1.08 bits per heavy atom. The van der Waals surface area contributed by atoms with Gasteiger partial charge in [0.1, 0.15) is 11.4 Å². The van der Waals surface area contributed by atoms with Crippen molar-refractivity contribution in [3.63, 3.8) is 0 Å². The molecule has 0 unspecified atom stereocenters. The van der Waals surface area contributed by atoms with Crippen LogP contribution in [0.5, 0.6) is 0 Å². The minimum Gasteiger partial charge on any atom is -0.480 e.